The molecule has 1 aromatic rings. The fourth-order valence-corrected chi connectivity index (χ4v) is 2.75. The van der Waals surface area contributed by atoms with Gasteiger partial charge in [0.25, 0.3) is 0 Å². The Morgan fingerprint density at radius 1 is 1.41 bits per heavy atom. The first-order valence-electron chi connectivity index (χ1n) is 6.10. The van der Waals surface area contributed by atoms with Crippen molar-refractivity contribution < 1.29 is 4.79 Å². The minimum absolute atomic E-state index is 0.162. The molecule has 0 spiro atoms. The van der Waals surface area contributed by atoms with E-state index in [1.165, 1.54) is 18.4 Å². The van der Waals surface area contributed by atoms with Crippen molar-refractivity contribution in [2.45, 2.75) is 37.9 Å². The van der Waals surface area contributed by atoms with Crippen molar-refractivity contribution in [3.8, 4) is 0 Å². The van der Waals surface area contributed by atoms with E-state index in [1.54, 1.807) is 0 Å². The van der Waals surface area contributed by atoms with Gasteiger partial charge in [-0.25, -0.2) is 0 Å². The van der Waals surface area contributed by atoms with E-state index in [1.807, 2.05) is 24.3 Å². The Morgan fingerprint density at radius 3 is 2.76 bits per heavy atom. The molecule has 92 valence electrons. The molecule has 0 unspecified atom stereocenters. The number of rotatable bonds is 3. The van der Waals surface area contributed by atoms with Gasteiger partial charge in [-0.3, -0.25) is 4.79 Å². The third-order valence-corrected chi connectivity index (χ3v) is 4.24. The zero-order chi connectivity index (χ0) is 12.3. The van der Waals surface area contributed by atoms with Crippen LogP contribution in [0, 0.1) is 5.41 Å². The molecule has 17 heavy (non-hydrogen) atoms. The van der Waals surface area contributed by atoms with Gasteiger partial charge >= 0.3 is 0 Å². The van der Waals surface area contributed by atoms with Gasteiger partial charge in [0.2, 0.25) is 5.91 Å². The van der Waals surface area contributed by atoms with E-state index in [0.29, 0.717) is 0 Å². The van der Waals surface area contributed by atoms with Crippen LogP contribution in [-0.2, 0) is 10.1 Å². The lowest BCUT2D eigenvalue weighted by Crippen LogP contribution is -2.30. The molecule has 1 amide bonds. The Morgan fingerprint density at radius 2 is 2.12 bits per heavy atom. The molecule has 1 fully saturated rings. The van der Waals surface area contributed by atoms with Crippen molar-refractivity contribution in [2.75, 3.05) is 5.32 Å². The van der Waals surface area contributed by atoms with Crippen LogP contribution in [0.25, 0.3) is 0 Å². The highest BCUT2D eigenvalue weighted by atomic mass is 79.9. The first kappa shape index (κ1) is 12.6. The molecule has 0 aromatic heterocycles. The number of alkyl halides is 1. The number of benzene rings is 1. The molecule has 1 aromatic carbocycles. The van der Waals surface area contributed by atoms with E-state index in [4.69, 9.17) is 0 Å². The van der Waals surface area contributed by atoms with E-state index >= 15 is 0 Å². The quantitative estimate of drug-likeness (QED) is 0.836. The fourth-order valence-electron chi connectivity index (χ4n) is 2.40. The lowest BCUT2D eigenvalue weighted by molar-refractivity contribution is -0.124. The van der Waals surface area contributed by atoms with E-state index < -0.39 is 0 Å². The van der Waals surface area contributed by atoms with Gasteiger partial charge < -0.3 is 5.32 Å². The molecule has 0 radical (unpaired) electrons. The summed E-state index contributed by atoms with van der Waals surface area (Å²) in [6.45, 7) is 2.07. The van der Waals surface area contributed by atoms with Crippen LogP contribution in [0.3, 0.4) is 0 Å². The molecule has 3 heteroatoms. The summed E-state index contributed by atoms with van der Waals surface area (Å²) in [4.78, 5) is 12.2. The van der Waals surface area contributed by atoms with Crippen molar-refractivity contribution in [3.63, 3.8) is 0 Å². The second kappa shape index (κ2) is 5.21. The average Bonchev–Trinajstić information content (AvgIpc) is 2.78. The first-order chi connectivity index (χ1) is 8.14. The topological polar surface area (TPSA) is 29.1 Å². The predicted octanol–water partition coefficient (Wildman–Crippen LogP) is 4.10. The Hall–Kier alpha value is -0.830. The van der Waals surface area contributed by atoms with E-state index in [0.717, 1.165) is 23.9 Å². The number of carbonyl (C=O) groups is 1. The Labute approximate surface area is 111 Å². The normalized spacial score (nSPS) is 18.0. The summed E-state index contributed by atoms with van der Waals surface area (Å²) >= 11 is 3.42. The van der Waals surface area contributed by atoms with Gasteiger partial charge in [0.1, 0.15) is 0 Å². The number of anilines is 1. The molecule has 1 aliphatic carbocycles. The van der Waals surface area contributed by atoms with E-state index in [9.17, 15) is 4.79 Å². The van der Waals surface area contributed by atoms with E-state index in [2.05, 4.69) is 28.2 Å². The molecular weight excluding hydrogens is 278 g/mol. The second-order valence-corrected chi connectivity index (χ2v) is 5.62. The molecule has 0 aliphatic heterocycles. The monoisotopic (exact) mass is 295 g/mol. The molecule has 0 heterocycles. The number of halogens is 1. The van der Waals surface area contributed by atoms with Gasteiger partial charge in [-0.1, -0.05) is 47.8 Å². The third kappa shape index (κ3) is 2.89. The highest BCUT2D eigenvalue weighted by molar-refractivity contribution is 9.08. The van der Waals surface area contributed by atoms with Gasteiger partial charge in [0, 0.05) is 16.4 Å². The van der Waals surface area contributed by atoms with Crippen LogP contribution < -0.4 is 5.32 Å². The van der Waals surface area contributed by atoms with Crippen LogP contribution in [0.5, 0.6) is 0 Å². The van der Waals surface area contributed by atoms with Crippen molar-refractivity contribution in [3.05, 3.63) is 29.8 Å². The highest BCUT2D eigenvalue weighted by Crippen LogP contribution is 2.38. The zero-order valence-electron chi connectivity index (χ0n) is 10.1. The van der Waals surface area contributed by atoms with Crippen molar-refractivity contribution in [1.82, 2.24) is 0 Å². The van der Waals surface area contributed by atoms with Gasteiger partial charge in [-0.15, -0.1) is 0 Å². The average molecular weight is 296 g/mol. The van der Waals surface area contributed by atoms with Crippen molar-refractivity contribution in [2.24, 2.45) is 5.41 Å². The molecule has 0 saturated heterocycles. The molecule has 1 saturated carbocycles. The smallest absolute Gasteiger partial charge is 0.230 e. The van der Waals surface area contributed by atoms with Crippen molar-refractivity contribution in [1.29, 1.82) is 0 Å². The highest BCUT2D eigenvalue weighted by Gasteiger charge is 2.36. The summed E-state index contributed by atoms with van der Waals surface area (Å²) in [6.07, 6.45) is 4.37. The number of hydrogen-bond acceptors (Lipinski definition) is 1. The Bertz CT molecular complexity index is 410. The summed E-state index contributed by atoms with van der Waals surface area (Å²) in [6, 6.07) is 7.98. The van der Waals surface area contributed by atoms with Crippen LogP contribution >= 0.6 is 15.9 Å². The van der Waals surface area contributed by atoms with Crippen LogP contribution in [-0.4, -0.2) is 5.91 Å². The van der Waals surface area contributed by atoms with Gasteiger partial charge in [0.15, 0.2) is 0 Å². The van der Waals surface area contributed by atoms with Crippen LogP contribution in [0.1, 0.15) is 38.2 Å². The largest absolute Gasteiger partial charge is 0.326 e. The van der Waals surface area contributed by atoms with Gasteiger partial charge in [-0.2, -0.15) is 0 Å². The molecule has 1 N–H and O–H groups in total. The molecule has 0 bridgehead atoms. The fraction of sp³-hybridized carbons (Fsp3) is 0.500. The lowest BCUT2D eigenvalue weighted by Gasteiger charge is -2.22. The molecular formula is C14H18BrNO. The summed E-state index contributed by atoms with van der Waals surface area (Å²) < 4.78 is 0. The first-order valence-corrected chi connectivity index (χ1v) is 7.22. The third-order valence-electron chi connectivity index (χ3n) is 3.59. The Balaban J connectivity index is 2.07. The minimum atomic E-state index is -0.162. The van der Waals surface area contributed by atoms with Gasteiger partial charge in [0.05, 0.1) is 0 Å². The molecule has 0 atom stereocenters. The molecule has 2 rings (SSSR count). The Kier molecular flexibility index (Phi) is 3.87. The summed E-state index contributed by atoms with van der Waals surface area (Å²) in [5.74, 6) is 0.168. The maximum atomic E-state index is 12.2. The minimum Gasteiger partial charge on any atom is -0.326 e. The number of carbonyl (C=O) groups excluding carboxylic acids is 1. The second-order valence-electron chi connectivity index (χ2n) is 5.06. The van der Waals surface area contributed by atoms with Crippen LogP contribution in [0.4, 0.5) is 5.69 Å². The maximum absolute atomic E-state index is 12.2. The zero-order valence-corrected chi connectivity index (χ0v) is 11.7. The van der Waals surface area contributed by atoms with Crippen LogP contribution in [0.2, 0.25) is 0 Å². The summed E-state index contributed by atoms with van der Waals surface area (Å²) in [5, 5.41) is 3.85. The number of amides is 1. The maximum Gasteiger partial charge on any atom is 0.230 e. The summed E-state index contributed by atoms with van der Waals surface area (Å²) in [7, 11) is 0. The van der Waals surface area contributed by atoms with Crippen molar-refractivity contribution >= 4 is 27.5 Å². The molecule has 2 nitrogen and oxygen atoms in total. The lowest BCUT2D eigenvalue weighted by atomic mass is 9.88. The van der Waals surface area contributed by atoms with Gasteiger partial charge in [-0.05, 0) is 30.5 Å². The molecule has 1 aliphatic rings. The number of hydrogen-bond donors (Lipinski definition) is 1. The SMILES string of the molecule is CC1(C(=O)Nc2cccc(CBr)c2)CCCC1. The predicted molar refractivity (Wildman–Crippen MR) is 74.3 cm³/mol. The standard InChI is InChI=1S/C14H18BrNO/c1-14(7-2-3-8-14)13(17)16-12-6-4-5-11(9-12)10-15/h4-6,9H,2-3,7-8,10H2,1H3,(H,16,17). The number of nitrogens with one attached hydrogen (secondary N) is 1. The van der Waals surface area contributed by atoms with Crippen LogP contribution in [0.15, 0.2) is 24.3 Å². The van der Waals surface area contributed by atoms with E-state index in [-0.39, 0.29) is 11.3 Å². The summed E-state index contributed by atoms with van der Waals surface area (Å²) in [5.41, 5.74) is 1.92.